The van der Waals surface area contributed by atoms with Crippen molar-refractivity contribution in [2.24, 2.45) is 5.92 Å². The number of unbranched alkanes of at least 4 members (excludes halogenated alkanes) is 6. The molecule has 0 aliphatic rings. The molecule has 0 rings (SSSR count). The fourth-order valence-corrected chi connectivity index (χ4v) is 4.21. The topological polar surface area (TPSA) is 93.1 Å². The molecule has 0 aliphatic carbocycles. The fourth-order valence-electron chi connectivity index (χ4n) is 4.21. The number of carbonyl (C=O) groups excluding carboxylic acids is 2. The van der Waals surface area contributed by atoms with Crippen molar-refractivity contribution in [3.05, 3.63) is 48.6 Å². The van der Waals surface area contributed by atoms with Crippen LogP contribution in [-0.4, -0.2) is 47.6 Å². The molecule has 0 saturated carbocycles. The molecular formula is C36H62O6. The van der Waals surface area contributed by atoms with Gasteiger partial charge in [-0.2, -0.15) is 0 Å². The predicted molar refractivity (Wildman–Crippen MR) is 174 cm³/mol. The van der Waals surface area contributed by atoms with E-state index in [1.54, 1.807) is 0 Å². The van der Waals surface area contributed by atoms with Gasteiger partial charge in [-0.15, -0.1) is 0 Å². The van der Waals surface area contributed by atoms with Crippen molar-refractivity contribution in [3.8, 4) is 0 Å². The molecule has 0 amide bonds. The minimum absolute atomic E-state index is 0.0983. The summed E-state index contributed by atoms with van der Waals surface area (Å²) in [5.74, 6) is 0.133. The Balaban J connectivity index is 3.76. The van der Waals surface area contributed by atoms with E-state index in [2.05, 4.69) is 62.5 Å². The third kappa shape index (κ3) is 28.0. The largest absolute Gasteiger partial charge is 0.462 e. The van der Waals surface area contributed by atoms with Gasteiger partial charge in [-0.25, -0.2) is 0 Å². The lowest BCUT2D eigenvalue weighted by Gasteiger charge is -2.15. The van der Waals surface area contributed by atoms with Crippen molar-refractivity contribution in [3.63, 3.8) is 0 Å². The van der Waals surface area contributed by atoms with E-state index in [4.69, 9.17) is 9.47 Å². The highest BCUT2D eigenvalue weighted by molar-refractivity contribution is 5.70. The second-order valence-corrected chi connectivity index (χ2v) is 11.3. The summed E-state index contributed by atoms with van der Waals surface area (Å²) >= 11 is 0. The quantitative estimate of drug-likeness (QED) is 0.0538. The van der Waals surface area contributed by atoms with Crippen LogP contribution in [0.3, 0.4) is 0 Å². The minimum Gasteiger partial charge on any atom is -0.462 e. The zero-order valence-electron chi connectivity index (χ0n) is 27.0. The van der Waals surface area contributed by atoms with Crippen molar-refractivity contribution in [1.82, 2.24) is 0 Å². The van der Waals surface area contributed by atoms with Crippen LogP contribution in [0.2, 0.25) is 0 Å². The second-order valence-electron chi connectivity index (χ2n) is 11.3. The first-order valence-corrected chi connectivity index (χ1v) is 16.7. The highest BCUT2D eigenvalue weighted by Gasteiger charge is 2.15. The van der Waals surface area contributed by atoms with Crippen LogP contribution in [0.4, 0.5) is 0 Å². The van der Waals surface area contributed by atoms with Gasteiger partial charge in [0.15, 0.2) is 6.10 Å². The molecular weight excluding hydrogens is 528 g/mol. The third-order valence-electron chi connectivity index (χ3n) is 7.33. The van der Waals surface area contributed by atoms with Crippen LogP contribution in [0.1, 0.15) is 136 Å². The third-order valence-corrected chi connectivity index (χ3v) is 7.33. The molecule has 0 aliphatic heterocycles. The lowest BCUT2D eigenvalue weighted by atomic mass is 10.00. The van der Waals surface area contributed by atoms with Crippen molar-refractivity contribution >= 4 is 11.9 Å². The van der Waals surface area contributed by atoms with Crippen molar-refractivity contribution in [2.75, 3.05) is 13.2 Å². The molecule has 0 bridgehead atoms. The van der Waals surface area contributed by atoms with Crippen LogP contribution < -0.4 is 0 Å². The van der Waals surface area contributed by atoms with Crippen LogP contribution in [0.5, 0.6) is 0 Å². The van der Waals surface area contributed by atoms with Crippen molar-refractivity contribution in [2.45, 2.75) is 149 Å². The SMILES string of the molecule is CCC(C)CCCCCCCCC(=O)OC[C@H](CO)OC(=O)CCC/C=C\C/C=C\C/C=C\C/C=C\CC[C@H](O)CC. The lowest BCUT2D eigenvalue weighted by Crippen LogP contribution is -2.28. The number of hydrogen-bond acceptors (Lipinski definition) is 6. The summed E-state index contributed by atoms with van der Waals surface area (Å²) in [5.41, 5.74) is 0. The summed E-state index contributed by atoms with van der Waals surface area (Å²) < 4.78 is 10.5. The molecule has 0 spiro atoms. The van der Waals surface area contributed by atoms with Gasteiger partial charge in [-0.3, -0.25) is 9.59 Å². The maximum absolute atomic E-state index is 12.1. The van der Waals surface area contributed by atoms with Gasteiger partial charge in [-0.1, -0.05) is 114 Å². The van der Waals surface area contributed by atoms with Crippen molar-refractivity contribution in [1.29, 1.82) is 0 Å². The number of aliphatic hydroxyl groups excluding tert-OH is 2. The van der Waals surface area contributed by atoms with Gasteiger partial charge < -0.3 is 19.7 Å². The molecule has 2 N–H and O–H groups in total. The Morgan fingerprint density at radius 3 is 1.81 bits per heavy atom. The van der Waals surface area contributed by atoms with E-state index in [1.165, 1.54) is 32.1 Å². The van der Waals surface area contributed by atoms with Crippen LogP contribution in [-0.2, 0) is 19.1 Å². The van der Waals surface area contributed by atoms with E-state index in [9.17, 15) is 19.8 Å². The molecule has 6 nitrogen and oxygen atoms in total. The van der Waals surface area contributed by atoms with Crippen LogP contribution in [0.25, 0.3) is 0 Å². The van der Waals surface area contributed by atoms with E-state index >= 15 is 0 Å². The fraction of sp³-hybridized carbons (Fsp3) is 0.722. The number of allylic oxidation sites excluding steroid dienone is 8. The monoisotopic (exact) mass is 590 g/mol. The summed E-state index contributed by atoms with van der Waals surface area (Å²) in [6.07, 6.45) is 32.6. The zero-order chi connectivity index (χ0) is 31.1. The van der Waals surface area contributed by atoms with E-state index in [0.717, 1.165) is 70.1 Å². The number of carbonyl (C=O) groups is 2. The minimum atomic E-state index is -0.808. The standard InChI is InChI=1S/C36H62O6/c1-4-32(3)26-22-18-16-17-20-24-28-35(39)41-31-34(30-37)42-36(40)29-25-21-15-13-11-9-7-6-8-10-12-14-19-23-27-33(38)5-2/h7-10,13-15,19,32-34,37-38H,4-6,11-12,16-18,20-31H2,1-3H3/b9-7-,10-8-,15-13-,19-14-/t32?,33-,34+/m1/s1. The first-order valence-electron chi connectivity index (χ1n) is 16.7. The summed E-state index contributed by atoms with van der Waals surface area (Å²) in [7, 11) is 0. The molecule has 0 aromatic heterocycles. The van der Waals surface area contributed by atoms with E-state index in [-0.39, 0.29) is 37.7 Å². The molecule has 3 atom stereocenters. The summed E-state index contributed by atoms with van der Waals surface area (Å²) in [4.78, 5) is 24.1. The molecule has 0 heterocycles. The first-order chi connectivity index (χ1) is 20.4. The maximum atomic E-state index is 12.1. The lowest BCUT2D eigenvalue weighted by molar-refractivity contribution is -0.161. The van der Waals surface area contributed by atoms with Gasteiger partial charge in [-0.05, 0) is 63.7 Å². The van der Waals surface area contributed by atoms with Gasteiger partial charge in [0.1, 0.15) is 6.61 Å². The van der Waals surface area contributed by atoms with Crippen molar-refractivity contribution < 1.29 is 29.3 Å². The molecule has 1 unspecified atom stereocenters. The first kappa shape index (κ1) is 39.8. The molecule has 6 heteroatoms. The predicted octanol–water partition coefficient (Wildman–Crippen LogP) is 8.72. The summed E-state index contributed by atoms with van der Waals surface area (Å²) in [6.45, 7) is 6.08. The summed E-state index contributed by atoms with van der Waals surface area (Å²) in [6, 6.07) is 0. The number of esters is 2. The Bertz CT molecular complexity index is 754. The Labute approximate surface area is 257 Å². The second kappa shape index (κ2) is 30.3. The molecule has 0 aromatic carbocycles. The number of ether oxygens (including phenoxy) is 2. The van der Waals surface area contributed by atoms with Gasteiger partial charge in [0, 0.05) is 12.8 Å². The van der Waals surface area contributed by atoms with Crippen LogP contribution >= 0.6 is 0 Å². The molecule has 0 saturated heterocycles. The molecule has 0 aromatic rings. The maximum Gasteiger partial charge on any atom is 0.306 e. The Hall–Kier alpha value is -2.18. The summed E-state index contributed by atoms with van der Waals surface area (Å²) in [5, 5.41) is 19.0. The van der Waals surface area contributed by atoms with E-state index in [0.29, 0.717) is 12.8 Å². The number of aliphatic hydroxyl groups is 2. The molecule has 0 radical (unpaired) electrons. The van der Waals surface area contributed by atoms with Gasteiger partial charge >= 0.3 is 11.9 Å². The van der Waals surface area contributed by atoms with Gasteiger partial charge in [0.05, 0.1) is 12.7 Å². The zero-order valence-corrected chi connectivity index (χ0v) is 27.0. The molecule has 242 valence electrons. The Kier molecular flexibility index (Phi) is 28.7. The average molecular weight is 591 g/mol. The number of hydrogen-bond donors (Lipinski definition) is 2. The van der Waals surface area contributed by atoms with Crippen LogP contribution in [0, 0.1) is 5.92 Å². The molecule has 42 heavy (non-hydrogen) atoms. The van der Waals surface area contributed by atoms with E-state index < -0.39 is 6.10 Å². The van der Waals surface area contributed by atoms with Crippen LogP contribution in [0.15, 0.2) is 48.6 Å². The number of rotatable bonds is 28. The highest BCUT2D eigenvalue weighted by atomic mass is 16.6. The van der Waals surface area contributed by atoms with Gasteiger partial charge in [0.2, 0.25) is 0 Å². The Morgan fingerprint density at radius 1 is 0.667 bits per heavy atom. The van der Waals surface area contributed by atoms with Gasteiger partial charge in [0.25, 0.3) is 0 Å². The average Bonchev–Trinajstić information content (AvgIpc) is 2.99. The Morgan fingerprint density at radius 2 is 1.21 bits per heavy atom. The highest BCUT2D eigenvalue weighted by Crippen LogP contribution is 2.14. The smallest absolute Gasteiger partial charge is 0.306 e. The normalized spacial score (nSPS) is 14.3. The van der Waals surface area contributed by atoms with E-state index in [1.807, 2.05) is 6.92 Å². The molecule has 0 fully saturated rings.